The van der Waals surface area contributed by atoms with Crippen LogP contribution in [-0.2, 0) is 21.7 Å². The third-order valence-corrected chi connectivity index (χ3v) is 5.19. The van der Waals surface area contributed by atoms with Crippen molar-refractivity contribution in [1.29, 1.82) is 0 Å². The maximum Gasteiger partial charge on any atom is 0.387 e. The highest BCUT2D eigenvalue weighted by atomic mass is 19.3. The molecule has 1 aliphatic heterocycles. The molecule has 2 aromatic carbocycles. The molecule has 1 aliphatic rings. The molecule has 1 N–H and O–H groups in total. The van der Waals surface area contributed by atoms with Crippen LogP contribution in [0.25, 0.3) is 0 Å². The molecule has 0 bridgehead atoms. The van der Waals surface area contributed by atoms with Crippen molar-refractivity contribution in [3.05, 3.63) is 65.2 Å². The van der Waals surface area contributed by atoms with Gasteiger partial charge in [0.15, 0.2) is 0 Å². The van der Waals surface area contributed by atoms with E-state index in [9.17, 15) is 23.2 Å². The Kier molecular flexibility index (Phi) is 6.24. The molecule has 1 atom stereocenters. The van der Waals surface area contributed by atoms with E-state index in [2.05, 4.69) is 10.1 Å². The van der Waals surface area contributed by atoms with Crippen molar-refractivity contribution >= 4 is 17.8 Å². The summed E-state index contributed by atoms with van der Waals surface area (Å²) in [5, 5.41) is 2.67. The van der Waals surface area contributed by atoms with Gasteiger partial charge in [-0.1, -0.05) is 42.0 Å². The zero-order valence-electron chi connectivity index (χ0n) is 17.4. The minimum absolute atomic E-state index is 0.0162. The van der Waals surface area contributed by atoms with Gasteiger partial charge in [-0.05, 0) is 37.1 Å². The number of hydrogen-bond acceptors (Lipinski definition) is 4. The van der Waals surface area contributed by atoms with Crippen molar-refractivity contribution in [2.75, 3.05) is 13.6 Å². The van der Waals surface area contributed by atoms with Crippen LogP contribution in [0.5, 0.6) is 5.75 Å². The van der Waals surface area contributed by atoms with E-state index in [1.54, 1.807) is 31.2 Å². The molecular weight excluding hydrogens is 408 g/mol. The summed E-state index contributed by atoms with van der Waals surface area (Å²) in [5.74, 6) is -0.927. The molecule has 0 radical (unpaired) electrons. The first kappa shape index (κ1) is 22.2. The Morgan fingerprint density at radius 3 is 2.32 bits per heavy atom. The smallest absolute Gasteiger partial charge is 0.387 e. The van der Waals surface area contributed by atoms with Gasteiger partial charge >= 0.3 is 12.6 Å². The number of carbonyl (C=O) groups excluding carboxylic acids is 3. The summed E-state index contributed by atoms with van der Waals surface area (Å²) in [6.45, 7) is 0.378. The molecule has 2 aromatic rings. The number of benzene rings is 2. The average molecular weight is 431 g/mol. The molecule has 0 spiro atoms. The zero-order chi connectivity index (χ0) is 22.8. The molecule has 3 rings (SSSR count). The Morgan fingerprint density at radius 2 is 1.74 bits per heavy atom. The topological polar surface area (TPSA) is 79.0 Å². The predicted octanol–water partition coefficient (Wildman–Crippen LogP) is 3.02. The molecule has 1 heterocycles. The number of halogens is 2. The number of nitrogens with zero attached hydrogens (tertiary/aromatic N) is 2. The first-order chi connectivity index (χ1) is 14.6. The first-order valence-corrected chi connectivity index (χ1v) is 9.59. The summed E-state index contributed by atoms with van der Waals surface area (Å²) < 4.78 is 28.8. The molecule has 0 aromatic heterocycles. The highest BCUT2D eigenvalue weighted by Crippen LogP contribution is 2.29. The van der Waals surface area contributed by atoms with Crippen molar-refractivity contribution in [1.82, 2.24) is 15.1 Å². The van der Waals surface area contributed by atoms with Gasteiger partial charge in [-0.3, -0.25) is 14.5 Å². The fourth-order valence-corrected chi connectivity index (χ4v) is 3.32. The summed E-state index contributed by atoms with van der Waals surface area (Å²) in [6, 6.07) is 12.5. The summed E-state index contributed by atoms with van der Waals surface area (Å²) >= 11 is 0. The molecule has 7 nitrogen and oxygen atoms in total. The van der Waals surface area contributed by atoms with Gasteiger partial charge in [-0.25, -0.2) is 4.79 Å². The van der Waals surface area contributed by atoms with Gasteiger partial charge in [0.1, 0.15) is 17.8 Å². The number of hydrogen-bond donors (Lipinski definition) is 1. The Bertz CT molecular complexity index is 979. The van der Waals surface area contributed by atoms with Crippen LogP contribution >= 0.6 is 0 Å². The highest BCUT2D eigenvalue weighted by Gasteiger charge is 2.49. The van der Waals surface area contributed by atoms with Crippen LogP contribution in [0.4, 0.5) is 13.6 Å². The molecule has 1 saturated heterocycles. The molecule has 164 valence electrons. The molecule has 1 unspecified atom stereocenters. The largest absolute Gasteiger partial charge is 0.435 e. The van der Waals surface area contributed by atoms with E-state index < -0.39 is 36.5 Å². The van der Waals surface area contributed by atoms with Crippen LogP contribution in [0, 0.1) is 6.92 Å². The molecule has 0 saturated carbocycles. The molecule has 1 fully saturated rings. The van der Waals surface area contributed by atoms with Gasteiger partial charge in [0.25, 0.3) is 5.91 Å². The van der Waals surface area contributed by atoms with E-state index in [1.165, 1.54) is 24.1 Å². The van der Waals surface area contributed by atoms with E-state index in [0.717, 1.165) is 10.5 Å². The predicted molar refractivity (Wildman–Crippen MR) is 108 cm³/mol. The van der Waals surface area contributed by atoms with Gasteiger partial charge in [-0.2, -0.15) is 8.78 Å². The average Bonchev–Trinajstić information content (AvgIpc) is 2.93. The van der Waals surface area contributed by atoms with Gasteiger partial charge < -0.3 is 15.0 Å². The second kappa shape index (κ2) is 8.71. The van der Waals surface area contributed by atoms with E-state index in [1.807, 2.05) is 19.1 Å². The van der Waals surface area contributed by atoms with Gasteiger partial charge in [0.05, 0.1) is 0 Å². The van der Waals surface area contributed by atoms with Crippen LogP contribution in [0.1, 0.15) is 23.6 Å². The molecular formula is C22H23F2N3O4. The third-order valence-electron chi connectivity index (χ3n) is 5.19. The molecule has 9 heteroatoms. The number of aryl methyl sites for hydroxylation is 1. The van der Waals surface area contributed by atoms with Crippen molar-refractivity contribution < 1.29 is 27.9 Å². The lowest BCUT2D eigenvalue weighted by atomic mass is 9.91. The maximum absolute atomic E-state index is 13.0. The van der Waals surface area contributed by atoms with Gasteiger partial charge in [0.2, 0.25) is 5.91 Å². The van der Waals surface area contributed by atoms with Crippen LogP contribution in [0.2, 0.25) is 0 Å². The lowest BCUT2D eigenvalue weighted by Crippen LogP contribution is -2.43. The molecule has 4 amide bonds. The second-order valence-corrected chi connectivity index (χ2v) is 7.58. The fraction of sp³-hybridized carbons (Fsp3) is 0.318. The van der Waals surface area contributed by atoms with E-state index in [-0.39, 0.29) is 12.3 Å². The van der Waals surface area contributed by atoms with Crippen LogP contribution in [0.3, 0.4) is 0 Å². The molecule has 31 heavy (non-hydrogen) atoms. The monoisotopic (exact) mass is 431 g/mol. The second-order valence-electron chi connectivity index (χ2n) is 7.58. The van der Waals surface area contributed by atoms with Crippen LogP contribution < -0.4 is 10.1 Å². The van der Waals surface area contributed by atoms with Crippen molar-refractivity contribution in [3.8, 4) is 5.75 Å². The Balaban J connectivity index is 1.64. The number of imide groups is 1. The number of ether oxygens (including phenoxy) is 1. The van der Waals surface area contributed by atoms with E-state index in [0.29, 0.717) is 11.1 Å². The fourth-order valence-electron chi connectivity index (χ4n) is 3.32. The van der Waals surface area contributed by atoms with Gasteiger partial charge in [-0.15, -0.1) is 0 Å². The quantitative estimate of drug-likeness (QED) is 0.684. The lowest BCUT2D eigenvalue weighted by Gasteiger charge is -2.23. The Labute approximate surface area is 178 Å². The minimum Gasteiger partial charge on any atom is -0.435 e. The van der Waals surface area contributed by atoms with E-state index >= 15 is 0 Å². The number of amides is 4. The van der Waals surface area contributed by atoms with Crippen molar-refractivity contribution in [2.45, 2.75) is 32.5 Å². The highest BCUT2D eigenvalue weighted by molar-refractivity contribution is 6.09. The third kappa shape index (κ3) is 4.82. The van der Waals surface area contributed by atoms with Crippen LogP contribution in [-0.4, -0.2) is 47.8 Å². The standard InChI is InChI=1S/C22H23F2N3O4/c1-14-4-8-16(9-5-14)22(2)19(29)27(21(30)25-22)13-18(28)26(3)12-15-6-10-17(11-7-15)31-20(23)24/h4-11,20H,12-13H2,1-3H3,(H,25,30). The Morgan fingerprint density at radius 1 is 1.13 bits per heavy atom. The van der Waals surface area contributed by atoms with Crippen molar-refractivity contribution in [3.63, 3.8) is 0 Å². The normalized spacial score (nSPS) is 18.3. The summed E-state index contributed by atoms with van der Waals surface area (Å²) in [5.41, 5.74) is 1.08. The summed E-state index contributed by atoms with van der Waals surface area (Å²) in [7, 11) is 1.53. The number of rotatable bonds is 7. The minimum atomic E-state index is -2.91. The number of carbonyl (C=O) groups is 3. The number of urea groups is 1. The molecule has 0 aliphatic carbocycles. The van der Waals surface area contributed by atoms with Gasteiger partial charge in [0, 0.05) is 13.6 Å². The number of likely N-dealkylation sites (N-methyl/N-ethyl adjacent to an activating group) is 1. The zero-order valence-corrected chi connectivity index (χ0v) is 17.4. The first-order valence-electron chi connectivity index (χ1n) is 9.59. The lowest BCUT2D eigenvalue weighted by molar-refractivity contribution is -0.138. The number of nitrogens with one attached hydrogen (secondary N) is 1. The van der Waals surface area contributed by atoms with Crippen molar-refractivity contribution in [2.24, 2.45) is 0 Å². The summed E-state index contributed by atoms with van der Waals surface area (Å²) in [4.78, 5) is 40.3. The number of alkyl halides is 2. The SMILES string of the molecule is Cc1ccc(C2(C)NC(=O)N(CC(=O)N(C)Cc3ccc(OC(F)F)cc3)C2=O)cc1. The maximum atomic E-state index is 13.0. The van der Waals surface area contributed by atoms with Crippen LogP contribution in [0.15, 0.2) is 48.5 Å². The summed E-state index contributed by atoms with van der Waals surface area (Å²) in [6.07, 6.45) is 0. The Hall–Kier alpha value is -3.49. The van der Waals surface area contributed by atoms with E-state index in [4.69, 9.17) is 0 Å².